The van der Waals surface area contributed by atoms with Crippen LogP contribution in [0.25, 0.3) is 97.4 Å². The second kappa shape index (κ2) is 13.9. The smallest absolute Gasteiger partial charge is 0.185 e. The van der Waals surface area contributed by atoms with Crippen molar-refractivity contribution in [2.24, 2.45) is 0 Å². The highest BCUT2D eigenvalue weighted by Crippen LogP contribution is 2.39. The lowest BCUT2D eigenvalue weighted by Crippen LogP contribution is -2.74. The monoisotopic (exact) mass is 864 g/mol. The number of para-hydroxylation sites is 3. The van der Waals surface area contributed by atoms with Gasteiger partial charge in [-0.2, -0.15) is 0 Å². The van der Waals surface area contributed by atoms with Crippen LogP contribution in [0.5, 0.6) is 0 Å². The Bertz CT molecular complexity index is 3820. The molecule has 0 aliphatic heterocycles. The Balaban J connectivity index is 1.04. The van der Waals surface area contributed by atoms with Crippen molar-refractivity contribution in [1.29, 1.82) is 0 Å². The van der Waals surface area contributed by atoms with E-state index in [0.717, 1.165) is 66.4 Å². The lowest BCUT2D eigenvalue weighted by molar-refractivity contribution is 0.671. The van der Waals surface area contributed by atoms with Crippen LogP contribution in [0.2, 0.25) is 0 Å². The van der Waals surface area contributed by atoms with Gasteiger partial charge >= 0.3 is 0 Å². The van der Waals surface area contributed by atoms with E-state index in [1.165, 1.54) is 51.7 Å². The third kappa shape index (κ3) is 5.13. The van der Waals surface area contributed by atoms with Gasteiger partial charge in [-0.1, -0.05) is 133 Å². The van der Waals surface area contributed by atoms with Gasteiger partial charge in [0.1, 0.15) is 22.5 Å². The van der Waals surface area contributed by atoms with Crippen LogP contribution in [0.15, 0.2) is 223 Å². The van der Waals surface area contributed by atoms with Gasteiger partial charge in [0, 0.05) is 76.3 Å². The molecule has 0 fully saturated rings. The predicted molar refractivity (Wildman–Crippen MR) is 274 cm³/mol. The second-order valence-corrected chi connectivity index (χ2v) is 21.7. The van der Waals surface area contributed by atoms with E-state index in [1.54, 1.807) is 0 Å². The Morgan fingerprint density at radius 3 is 1.57 bits per heavy atom. The molecule has 0 radical (unpaired) electrons. The minimum atomic E-state index is -3.15. The summed E-state index contributed by atoms with van der Waals surface area (Å²) in [6.45, 7) is 0. The third-order valence-electron chi connectivity index (χ3n) is 13.6. The highest BCUT2D eigenvalue weighted by atomic mass is 32.1. The first-order valence-electron chi connectivity index (χ1n) is 22.0. The highest BCUT2D eigenvalue weighted by Gasteiger charge is 2.45. The number of hydrogen-bond acceptors (Lipinski definition) is 4. The first kappa shape index (κ1) is 36.4. The van der Waals surface area contributed by atoms with Crippen molar-refractivity contribution in [3.05, 3.63) is 219 Å². The number of hydrogen-bond donors (Lipinski definition) is 0. The zero-order valence-electron chi connectivity index (χ0n) is 34.9. The summed E-state index contributed by atoms with van der Waals surface area (Å²) in [6.07, 6.45) is 3.77. The first-order chi connectivity index (χ1) is 32.3. The first-order valence-corrected chi connectivity index (χ1v) is 24.8. The fraction of sp³-hybridized carbons (Fsp3) is 0. The Morgan fingerprint density at radius 2 is 0.923 bits per heavy atom. The molecule has 0 bridgehead atoms. The van der Waals surface area contributed by atoms with Gasteiger partial charge in [-0.3, -0.25) is 9.13 Å². The summed E-state index contributed by atoms with van der Waals surface area (Å²) < 4.78 is 14.4. The van der Waals surface area contributed by atoms with Crippen LogP contribution < -0.4 is 20.7 Å². The molecule has 5 nitrogen and oxygen atoms in total. The molecular formula is C58H36N4OSSi. The van der Waals surface area contributed by atoms with E-state index < -0.39 is 8.07 Å². The zero-order valence-corrected chi connectivity index (χ0v) is 36.7. The zero-order chi connectivity index (χ0) is 42.6. The Morgan fingerprint density at radius 1 is 0.400 bits per heavy atom. The molecule has 0 N–H and O–H groups in total. The van der Waals surface area contributed by atoms with Gasteiger partial charge in [-0.25, -0.2) is 9.97 Å². The van der Waals surface area contributed by atoms with Gasteiger partial charge in [-0.15, -0.1) is 11.3 Å². The number of pyridine rings is 2. The van der Waals surface area contributed by atoms with Crippen molar-refractivity contribution < 1.29 is 4.42 Å². The molecule has 0 amide bonds. The fourth-order valence-corrected chi connectivity index (χ4v) is 17.5. The molecule has 0 saturated heterocycles. The number of aromatic nitrogens is 4. The van der Waals surface area contributed by atoms with Crippen LogP contribution in [0.4, 0.5) is 0 Å². The summed E-state index contributed by atoms with van der Waals surface area (Å²) in [6, 6.07) is 75.3. The minimum absolute atomic E-state index is 0.862. The van der Waals surface area contributed by atoms with Crippen LogP contribution in [0.1, 0.15) is 0 Å². The Labute approximate surface area is 377 Å². The number of rotatable bonds is 6. The number of benzene rings is 8. The molecule has 6 heterocycles. The molecule has 6 aromatic heterocycles. The molecule has 0 aliphatic rings. The summed E-state index contributed by atoms with van der Waals surface area (Å²) in [7, 11) is -3.15. The van der Waals surface area contributed by atoms with E-state index in [2.05, 4.69) is 203 Å². The van der Waals surface area contributed by atoms with Crippen LogP contribution >= 0.6 is 11.3 Å². The number of furan rings is 1. The van der Waals surface area contributed by atoms with Crippen LogP contribution in [0, 0.1) is 0 Å². The largest absolute Gasteiger partial charge is 0.456 e. The predicted octanol–water partition coefficient (Wildman–Crippen LogP) is 12.3. The average Bonchev–Trinajstić information content (AvgIpc) is 4.13. The van der Waals surface area contributed by atoms with Crippen molar-refractivity contribution in [3.63, 3.8) is 0 Å². The lowest BCUT2D eigenvalue weighted by atomic mass is 10.1. The van der Waals surface area contributed by atoms with Gasteiger partial charge in [-0.05, 0) is 93.5 Å². The van der Waals surface area contributed by atoms with E-state index in [1.807, 2.05) is 35.9 Å². The molecule has 0 unspecified atom stereocenters. The molecule has 0 spiro atoms. The van der Waals surface area contributed by atoms with Gasteiger partial charge in [0.25, 0.3) is 0 Å². The van der Waals surface area contributed by atoms with Crippen LogP contribution in [-0.2, 0) is 0 Å². The summed E-state index contributed by atoms with van der Waals surface area (Å²) in [5.41, 5.74) is 8.13. The quantitative estimate of drug-likeness (QED) is 0.124. The molecular weight excluding hydrogens is 829 g/mol. The van der Waals surface area contributed by atoms with E-state index in [-0.39, 0.29) is 0 Å². The summed E-state index contributed by atoms with van der Waals surface area (Å²) in [4.78, 5) is 9.81. The minimum Gasteiger partial charge on any atom is -0.456 e. The molecule has 0 atom stereocenters. The molecule has 0 saturated carbocycles. The van der Waals surface area contributed by atoms with Crippen LogP contribution in [-0.4, -0.2) is 27.2 Å². The number of nitrogens with zero attached hydrogens (tertiary/aromatic N) is 4. The molecule has 0 aliphatic carbocycles. The third-order valence-corrected chi connectivity index (χ3v) is 19.8. The van der Waals surface area contributed by atoms with Gasteiger partial charge < -0.3 is 4.42 Å². The van der Waals surface area contributed by atoms with E-state index >= 15 is 0 Å². The maximum absolute atomic E-state index is 7.20. The summed E-state index contributed by atoms with van der Waals surface area (Å²) in [5, 5.41) is 14.5. The van der Waals surface area contributed by atoms with E-state index in [0.29, 0.717) is 0 Å². The van der Waals surface area contributed by atoms with Gasteiger partial charge in [0.2, 0.25) is 0 Å². The maximum Gasteiger partial charge on any atom is 0.185 e. The highest BCUT2D eigenvalue weighted by molar-refractivity contribution is 7.31. The molecule has 7 heteroatoms. The molecule has 304 valence electrons. The lowest BCUT2D eigenvalue weighted by Gasteiger charge is -2.34. The van der Waals surface area contributed by atoms with Crippen molar-refractivity contribution in [3.8, 4) is 11.4 Å². The van der Waals surface area contributed by atoms with E-state index in [9.17, 15) is 0 Å². The molecule has 65 heavy (non-hydrogen) atoms. The van der Waals surface area contributed by atoms with Crippen molar-refractivity contribution in [2.75, 3.05) is 0 Å². The second-order valence-electron chi connectivity index (χ2n) is 16.9. The summed E-state index contributed by atoms with van der Waals surface area (Å²) >= 11 is 1.90. The van der Waals surface area contributed by atoms with Crippen molar-refractivity contribution in [1.82, 2.24) is 19.1 Å². The van der Waals surface area contributed by atoms with E-state index in [4.69, 9.17) is 14.4 Å². The van der Waals surface area contributed by atoms with Gasteiger partial charge in [0.15, 0.2) is 8.07 Å². The normalized spacial score (nSPS) is 12.3. The molecule has 14 aromatic rings. The molecule has 8 aromatic carbocycles. The fourth-order valence-electron chi connectivity index (χ4n) is 10.9. The van der Waals surface area contributed by atoms with Crippen molar-refractivity contribution >= 4 is 126 Å². The van der Waals surface area contributed by atoms with Gasteiger partial charge in [0.05, 0.1) is 11.0 Å². The van der Waals surface area contributed by atoms with Crippen molar-refractivity contribution in [2.45, 2.75) is 0 Å². The number of thiophene rings is 1. The Hall–Kier alpha value is -8.10. The van der Waals surface area contributed by atoms with Crippen LogP contribution in [0.3, 0.4) is 0 Å². The topological polar surface area (TPSA) is 48.8 Å². The average molecular weight is 865 g/mol. The Kier molecular flexibility index (Phi) is 7.81. The standard InChI is InChI=1S/C58H36N4OSSi/c1-3-15-39(16-4-1)65(40-17-5-2-6-18-40,53-27-11-21-43-47-35-37(29-31-51(47)63-55(43)53)61-49-25-9-7-19-41(49)45-23-13-33-59-57(45)61)54-28-12-22-44-48-36-38(30-32-52(48)64-56(44)54)62-50-26-10-8-20-42(50)46-24-14-34-60-58(46)62/h1-36H. The number of fused-ring (bicyclic) bond motifs is 12. The summed E-state index contributed by atoms with van der Waals surface area (Å²) in [5.74, 6) is 0. The maximum atomic E-state index is 7.20. The molecule has 14 rings (SSSR count). The SMILES string of the molecule is c1ccc([Si](c2ccccc2)(c2cccc3c2oc2ccc(-n4c5ccccc5c5cccnc54)cc23)c2cccc3c2sc2ccc(-n4c5ccccc5c5cccnc54)cc23)cc1.